The van der Waals surface area contributed by atoms with E-state index in [0.717, 1.165) is 37.4 Å². The lowest BCUT2D eigenvalue weighted by Crippen LogP contribution is -2.48. The molecule has 2 unspecified atom stereocenters. The first-order valence-corrected chi connectivity index (χ1v) is 9.98. The third kappa shape index (κ3) is 3.66. The van der Waals surface area contributed by atoms with Gasteiger partial charge in [-0.25, -0.2) is 4.98 Å². The number of nitrogens with one attached hydrogen (secondary N) is 1. The van der Waals surface area contributed by atoms with Crippen molar-refractivity contribution in [3.8, 4) is 0 Å². The Balaban J connectivity index is 1.36. The molecule has 1 aliphatic heterocycles. The van der Waals surface area contributed by atoms with Crippen molar-refractivity contribution in [2.45, 2.75) is 57.4 Å². The molecule has 25 heavy (non-hydrogen) atoms. The number of carbonyl (C=O) groups is 1. The van der Waals surface area contributed by atoms with Gasteiger partial charge in [0.05, 0.1) is 11.9 Å². The van der Waals surface area contributed by atoms with Gasteiger partial charge in [0.25, 0.3) is 0 Å². The van der Waals surface area contributed by atoms with Gasteiger partial charge >= 0.3 is 0 Å². The molecule has 2 bridgehead atoms. The smallest absolute Gasteiger partial charge is 0.227 e. The third-order valence-corrected chi connectivity index (χ3v) is 6.48. The van der Waals surface area contributed by atoms with Crippen molar-refractivity contribution in [3.05, 3.63) is 18.3 Å². The molecule has 0 spiro atoms. The number of fused-ring (bicyclic) bond motifs is 2. The topological polar surface area (TPSA) is 71.2 Å². The van der Waals surface area contributed by atoms with Crippen molar-refractivity contribution in [1.29, 1.82) is 0 Å². The van der Waals surface area contributed by atoms with Gasteiger partial charge in [-0.3, -0.25) is 4.79 Å². The molecule has 1 aromatic rings. The van der Waals surface area contributed by atoms with Gasteiger partial charge in [0.2, 0.25) is 5.91 Å². The molecule has 1 aromatic heterocycles. The molecule has 2 aliphatic carbocycles. The van der Waals surface area contributed by atoms with Gasteiger partial charge in [-0.1, -0.05) is 6.42 Å². The fourth-order valence-corrected chi connectivity index (χ4v) is 5.02. The molecular formula is C20H30N4O. The summed E-state index contributed by atoms with van der Waals surface area (Å²) in [5, 5.41) is 3.09. The Bertz CT molecular complexity index is 582. The number of nitrogens with zero attached hydrogens (tertiary/aromatic N) is 2. The van der Waals surface area contributed by atoms with Gasteiger partial charge in [0, 0.05) is 25.0 Å². The van der Waals surface area contributed by atoms with Gasteiger partial charge in [0.15, 0.2) is 0 Å². The number of nitrogens with two attached hydrogens (primary N) is 1. The summed E-state index contributed by atoms with van der Waals surface area (Å²) >= 11 is 0. The summed E-state index contributed by atoms with van der Waals surface area (Å²) in [6.45, 7) is 2.17. The molecule has 0 radical (unpaired) electrons. The van der Waals surface area contributed by atoms with E-state index in [1.807, 2.05) is 12.1 Å². The van der Waals surface area contributed by atoms with Crippen molar-refractivity contribution < 1.29 is 4.79 Å². The lowest BCUT2D eigenvalue weighted by Gasteiger charge is -2.43. The molecule has 136 valence electrons. The van der Waals surface area contributed by atoms with Crippen molar-refractivity contribution in [3.63, 3.8) is 0 Å². The van der Waals surface area contributed by atoms with Crippen molar-refractivity contribution in [1.82, 2.24) is 4.98 Å². The number of pyridine rings is 1. The molecule has 2 saturated carbocycles. The highest BCUT2D eigenvalue weighted by atomic mass is 16.1. The van der Waals surface area contributed by atoms with Crippen LogP contribution in [-0.4, -0.2) is 30.0 Å². The molecule has 3 N–H and O–H groups in total. The minimum Gasteiger partial charge on any atom is -0.357 e. The minimum absolute atomic E-state index is 0.108. The predicted octanol–water partition coefficient (Wildman–Crippen LogP) is 3.16. The van der Waals surface area contributed by atoms with Gasteiger partial charge in [-0.15, -0.1) is 0 Å². The first-order chi connectivity index (χ1) is 12.2. The highest BCUT2D eigenvalue weighted by Crippen LogP contribution is 2.42. The van der Waals surface area contributed by atoms with E-state index in [1.165, 1.54) is 38.5 Å². The zero-order valence-electron chi connectivity index (χ0n) is 15.0. The quantitative estimate of drug-likeness (QED) is 0.885. The average molecular weight is 342 g/mol. The van der Waals surface area contributed by atoms with Gasteiger partial charge < -0.3 is 16.0 Å². The lowest BCUT2D eigenvalue weighted by molar-refractivity contribution is -0.122. The summed E-state index contributed by atoms with van der Waals surface area (Å²) in [6.07, 6.45) is 11.2. The maximum Gasteiger partial charge on any atom is 0.227 e. The normalized spacial score (nSPS) is 32.3. The van der Waals surface area contributed by atoms with Crippen LogP contribution in [0.5, 0.6) is 0 Å². The second-order valence-corrected chi connectivity index (χ2v) is 8.14. The van der Waals surface area contributed by atoms with Crippen molar-refractivity contribution in [2.75, 3.05) is 23.3 Å². The first-order valence-electron chi connectivity index (χ1n) is 9.98. The zero-order chi connectivity index (χ0) is 17.2. The van der Waals surface area contributed by atoms with Crippen LogP contribution in [0.3, 0.4) is 0 Å². The Morgan fingerprint density at radius 1 is 1.08 bits per heavy atom. The maximum atomic E-state index is 12.7. The molecule has 3 fully saturated rings. The highest BCUT2D eigenvalue weighted by Gasteiger charge is 2.40. The van der Waals surface area contributed by atoms with Crippen LogP contribution in [0.4, 0.5) is 11.5 Å². The molecule has 2 heterocycles. The second kappa shape index (κ2) is 7.32. The van der Waals surface area contributed by atoms with Crippen LogP contribution in [-0.2, 0) is 4.79 Å². The number of hydrogen-bond donors (Lipinski definition) is 2. The Hall–Kier alpha value is -1.62. The van der Waals surface area contributed by atoms with Crippen LogP contribution in [0.15, 0.2) is 18.3 Å². The van der Waals surface area contributed by atoms with Crippen LogP contribution in [0.2, 0.25) is 0 Å². The second-order valence-electron chi connectivity index (χ2n) is 8.14. The van der Waals surface area contributed by atoms with Crippen molar-refractivity contribution in [2.24, 2.45) is 23.5 Å². The fourth-order valence-electron chi connectivity index (χ4n) is 5.02. The van der Waals surface area contributed by atoms with Crippen LogP contribution >= 0.6 is 0 Å². The SMILES string of the molecule is NC1C2CCCC1CC(C(=O)Nc1ccc(N3CCCCC3)nc1)C2. The number of amides is 1. The van der Waals surface area contributed by atoms with E-state index >= 15 is 0 Å². The maximum absolute atomic E-state index is 12.7. The Kier molecular flexibility index (Phi) is 4.93. The average Bonchev–Trinajstić information content (AvgIpc) is 2.63. The number of hydrogen-bond acceptors (Lipinski definition) is 4. The molecule has 5 nitrogen and oxygen atoms in total. The van der Waals surface area contributed by atoms with E-state index in [2.05, 4.69) is 15.2 Å². The van der Waals surface area contributed by atoms with E-state index in [1.54, 1.807) is 6.20 Å². The fraction of sp³-hybridized carbons (Fsp3) is 0.700. The summed E-state index contributed by atoms with van der Waals surface area (Å²) in [4.78, 5) is 19.6. The lowest BCUT2D eigenvalue weighted by atomic mass is 9.65. The van der Waals surface area contributed by atoms with E-state index in [-0.39, 0.29) is 11.8 Å². The molecule has 4 rings (SSSR count). The van der Waals surface area contributed by atoms with E-state index in [0.29, 0.717) is 17.9 Å². The van der Waals surface area contributed by atoms with Crippen LogP contribution in [0.1, 0.15) is 51.4 Å². The molecule has 3 aliphatic rings. The summed E-state index contributed by atoms with van der Waals surface area (Å²) in [7, 11) is 0. The first kappa shape index (κ1) is 16.8. The molecule has 1 saturated heterocycles. The number of piperidine rings is 1. The predicted molar refractivity (Wildman–Crippen MR) is 100 cm³/mol. The van der Waals surface area contributed by atoms with Crippen LogP contribution < -0.4 is 16.0 Å². The van der Waals surface area contributed by atoms with Crippen LogP contribution in [0, 0.1) is 17.8 Å². The van der Waals surface area contributed by atoms with E-state index in [4.69, 9.17) is 5.73 Å². The van der Waals surface area contributed by atoms with E-state index in [9.17, 15) is 4.79 Å². The third-order valence-electron chi connectivity index (χ3n) is 6.48. The number of aromatic nitrogens is 1. The van der Waals surface area contributed by atoms with E-state index < -0.39 is 0 Å². The van der Waals surface area contributed by atoms with Crippen LogP contribution in [0.25, 0.3) is 0 Å². The van der Waals surface area contributed by atoms with Gasteiger partial charge in [-0.2, -0.15) is 0 Å². The number of rotatable bonds is 3. The number of carbonyl (C=O) groups excluding carboxylic acids is 1. The molecule has 1 amide bonds. The molecule has 0 aromatic carbocycles. The largest absolute Gasteiger partial charge is 0.357 e. The highest BCUT2D eigenvalue weighted by molar-refractivity contribution is 5.92. The Morgan fingerprint density at radius 2 is 1.80 bits per heavy atom. The zero-order valence-corrected chi connectivity index (χ0v) is 15.0. The van der Waals surface area contributed by atoms with Gasteiger partial charge in [0.1, 0.15) is 5.82 Å². The van der Waals surface area contributed by atoms with Crippen molar-refractivity contribution >= 4 is 17.4 Å². The summed E-state index contributed by atoms with van der Waals surface area (Å²) in [5.41, 5.74) is 7.15. The summed E-state index contributed by atoms with van der Waals surface area (Å²) in [6, 6.07) is 4.33. The Morgan fingerprint density at radius 3 is 2.44 bits per heavy atom. The van der Waals surface area contributed by atoms with Gasteiger partial charge in [-0.05, 0) is 68.9 Å². The minimum atomic E-state index is 0.108. The molecular weight excluding hydrogens is 312 g/mol. The number of anilines is 2. The standard InChI is InChI=1S/C20H30N4O/c21-19-14-5-4-6-15(19)12-16(11-14)20(25)23-17-7-8-18(22-13-17)24-9-2-1-3-10-24/h7-8,13-16,19H,1-6,9-12,21H2,(H,23,25). The Labute approximate surface area is 150 Å². The monoisotopic (exact) mass is 342 g/mol. The molecule has 2 atom stereocenters. The molecule has 5 heteroatoms. The summed E-state index contributed by atoms with van der Waals surface area (Å²) < 4.78 is 0. The summed E-state index contributed by atoms with van der Waals surface area (Å²) in [5.74, 6) is 2.34.